The van der Waals surface area contributed by atoms with Gasteiger partial charge in [0, 0.05) is 11.5 Å². The molecule has 0 radical (unpaired) electrons. The van der Waals surface area contributed by atoms with E-state index in [0.717, 1.165) is 0 Å². The van der Waals surface area contributed by atoms with Crippen LogP contribution >= 0.6 is 25.3 Å². The Balaban J connectivity index is -0.0000000457. The summed E-state index contributed by atoms with van der Waals surface area (Å²) in [5.41, 5.74) is 0. The van der Waals surface area contributed by atoms with Gasteiger partial charge in [-0.05, 0) is 0 Å². The average Bonchev–Trinajstić information content (AvgIpc) is 1.89. The fourth-order valence-corrected chi connectivity index (χ4v) is 0. The summed E-state index contributed by atoms with van der Waals surface area (Å²) >= 11 is 6.71. The summed E-state index contributed by atoms with van der Waals surface area (Å²) < 4.78 is 0. The van der Waals surface area contributed by atoms with Crippen molar-refractivity contribution in [3.63, 3.8) is 0 Å². The Morgan fingerprint density at radius 1 is 0.917 bits per heavy atom. The maximum absolute atomic E-state index is 9.18. The smallest absolute Gasteiger partial charge is 0.549 e. The van der Waals surface area contributed by atoms with E-state index in [4.69, 9.17) is 0 Å². The number of hydrogen-bond donors (Lipinski definition) is 2. The maximum atomic E-state index is 9.18. The van der Waals surface area contributed by atoms with Gasteiger partial charge in [-0.2, -0.15) is 25.3 Å². The van der Waals surface area contributed by atoms with Crippen LogP contribution in [-0.2, 0) is 9.59 Å². The van der Waals surface area contributed by atoms with Crippen molar-refractivity contribution in [2.75, 3.05) is 11.5 Å². The van der Waals surface area contributed by atoms with Gasteiger partial charge in [0.1, 0.15) is 0 Å². The number of rotatable bonds is 2. The summed E-state index contributed by atoms with van der Waals surface area (Å²) in [5, 5.41) is 18.4. The molecule has 0 bridgehead atoms. The van der Waals surface area contributed by atoms with Crippen LogP contribution in [0.5, 0.6) is 0 Å². The normalized spacial score (nSPS) is 6.17. The Hall–Kier alpha value is 2.91. The molecule has 0 aromatic heterocycles. The topological polar surface area (TPSA) is 80.3 Å². The first-order chi connectivity index (χ1) is 4.54. The van der Waals surface area contributed by atoms with Crippen LogP contribution in [0.2, 0.25) is 0 Å². The second kappa shape index (κ2) is 19.5. The van der Waals surface area contributed by atoms with E-state index < -0.39 is 11.9 Å². The van der Waals surface area contributed by atoms with E-state index in [0.29, 0.717) is 0 Å². The molecular formula is C4H6K2O4S2. The van der Waals surface area contributed by atoms with Gasteiger partial charge in [-0.1, -0.05) is 0 Å². The molecule has 0 saturated carbocycles. The number of carbonyl (C=O) groups excluding carboxylic acids is 2. The van der Waals surface area contributed by atoms with Gasteiger partial charge in [0.05, 0.1) is 11.9 Å². The molecule has 60 valence electrons. The molecule has 0 rings (SSSR count). The van der Waals surface area contributed by atoms with Gasteiger partial charge in [-0.3, -0.25) is 0 Å². The summed E-state index contributed by atoms with van der Waals surface area (Å²) in [6.45, 7) is 0. The molecule has 12 heavy (non-hydrogen) atoms. The van der Waals surface area contributed by atoms with E-state index in [-0.39, 0.29) is 114 Å². The first kappa shape index (κ1) is 24.2. The Kier molecular flexibility index (Phi) is 39.3. The van der Waals surface area contributed by atoms with Crippen LogP contribution in [0, 0.1) is 0 Å². The van der Waals surface area contributed by atoms with E-state index in [1.807, 2.05) is 0 Å². The third kappa shape index (κ3) is 38.3. The van der Waals surface area contributed by atoms with Crippen LogP contribution in [0.1, 0.15) is 0 Å². The number of hydrogen-bond acceptors (Lipinski definition) is 6. The summed E-state index contributed by atoms with van der Waals surface area (Å²) in [4.78, 5) is 18.4. The molecule has 0 spiro atoms. The third-order valence-corrected chi connectivity index (χ3v) is 0.775. The van der Waals surface area contributed by atoms with Crippen LogP contribution in [-0.4, -0.2) is 23.4 Å². The molecule has 0 heterocycles. The quantitative estimate of drug-likeness (QED) is 0.382. The minimum Gasteiger partial charge on any atom is -0.549 e. The third-order valence-electron chi connectivity index (χ3n) is 0.258. The first-order valence-electron chi connectivity index (χ1n) is 2.16. The Morgan fingerprint density at radius 2 is 1.00 bits per heavy atom. The SMILES string of the molecule is O=C([O-])CS.O=C([O-])CS.[K+].[K+]. The van der Waals surface area contributed by atoms with Crippen molar-refractivity contribution >= 4 is 37.2 Å². The number of carbonyl (C=O) groups is 2. The zero-order chi connectivity index (χ0) is 8.57. The Morgan fingerprint density at radius 3 is 1.00 bits per heavy atom. The van der Waals surface area contributed by atoms with Crippen molar-refractivity contribution in [2.24, 2.45) is 0 Å². The van der Waals surface area contributed by atoms with Crippen LogP contribution in [0.25, 0.3) is 0 Å². The van der Waals surface area contributed by atoms with Crippen molar-refractivity contribution in [1.29, 1.82) is 0 Å². The number of thiol groups is 2. The molecule has 0 amide bonds. The molecule has 0 aliphatic carbocycles. The van der Waals surface area contributed by atoms with Gasteiger partial charge in [0.15, 0.2) is 0 Å². The van der Waals surface area contributed by atoms with E-state index in [1.165, 1.54) is 0 Å². The average molecular weight is 260 g/mol. The van der Waals surface area contributed by atoms with Crippen molar-refractivity contribution in [3.05, 3.63) is 0 Å². The van der Waals surface area contributed by atoms with Crippen molar-refractivity contribution in [2.45, 2.75) is 0 Å². The summed E-state index contributed by atoms with van der Waals surface area (Å²) in [6, 6.07) is 0. The molecule has 0 aliphatic heterocycles. The van der Waals surface area contributed by atoms with E-state index in [9.17, 15) is 19.8 Å². The van der Waals surface area contributed by atoms with Gasteiger partial charge in [-0.25, -0.2) is 0 Å². The second-order valence-electron chi connectivity index (χ2n) is 1.06. The summed E-state index contributed by atoms with van der Waals surface area (Å²) in [6.07, 6.45) is 0. The summed E-state index contributed by atoms with van der Waals surface area (Å²) in [7, 11) is 0. The minimum absolute atomic E-state index is 0. The molecule has 0 aromatic rings. The second-order valence-corrected chi connectivity index (χ2v) is 1.69. The monoisotopic (exact) mass is 260 g/mol. The fourth-order valence-electron chi connectivity index (χ4n) is 0. The molecule has 0 unspecified atom stereocenters. The molecular weight excluding hydrogens is 254 g/mol. The van der Waals surface area contributed by atoms with E-state index >= 15 is 0 Å². The summed E-state index contributed by atoms with van der Waals surface area (Å²) in [5.74, 6) is -2.65. The molecule has 0 aliphatic rings. The molecule has 0 fully saturated rings. The number of carboxylic acid groups (broad SMARTS) is 2. The van der Waals surface area contributed by atoms with Gasteiger partial charge >= 0.3 is 103 Å². The van der Waals surface area contributed by atoms with Crippen molar-refractivity contribution < 1.29 is 123 Å². The van der Waals surface area contributed by atoms with Gasteiger partial charge in [0.2, 0.25) is 0 Å². The van der Waals surface area contributed by atoms with Gasteiger partial charge in [-0.15, -0.1) is 0 Å². The Labute approximate surface area is 167 Å². The first-order valence-corrected chi connectivity index (χ1v) is 3.42. The number of aliphatic carboxylic acids is 2. The molecule has 4 nitrogen and oxygen atoms in total. The van der Waals surface area contributed by atoms with Crippen LogP contribution < -0.4 is 113 Å². The largest absolute Gasteiger partial charge is 1.00 e. The van der Waals surface area contributed by atoms with Crippen LogP contribution in [0.3, 0.4) is 0 Å². The fraction of sp³-hybridized carbons (Fsp3) is 0.500. The van der Waals surface area contributed by atoms with Crippen molar-refractivity contribution in [1.82, 2.24) is 0 Å². The van der Waals surface area contributed by atoms with Crippen LogP contribution in [0.15, 0.2) is 0 Å². The predicted molar refractivity (Wildman–Crippen MR) is 37.7 cm³/mol. The zero-order valence-corrected chi connectivity index (χ0v) is 15.0. The zero-order valence-electron chi connectivity index (χ0n) is 6.94. The van der Waals surface area contributed by atoms with E-state index in [1.54, 1.807) is 0 Å². The predicted octanol–water partition coefficient (Wildman–Crippen LogP) is -8.66. The number of carboxylic acids is 2. The minimum atomic E-state index is -1.13. The van der Waals surface area contributed by atoms with E-state index in [2.05, 4.69) is 25.3 Å². The molecule has 0 atom stereocenters. The molecule has 0 aromatic carbocycles. The standard InChI is InChI=1S/2C2H4O2S.2K/c2*3-2(4)1-5;;/h2*5H,1H2,(H,3,4);;/q;;2*+1/p-2. The van der Waals surface area contributed by atoms with Crippen LogP contribution in [0.4, 0.5) is 0 Å². The van der Waals surface area contributed by atoms with Crippen molar-refractivity contribution in [3.8, 4) is 0 Å². The molecule has 0 N–H and O–H groups in total. The van der Waals surface area contributed by atoms with Gasteiger partial charge in [0.25, 0.3) is 0 Å². The molecule has 8 heteroatoms. The maximum Gasteiger partial charge on any atom is 1.00 e. The Bertz CT molecular complexity index is 108. The molecule has 0 saturated heterocycles. The van der Waals surface area contributed by atoms with Gasteiger partial charge < -0.3 is 19.8 Å².